The monoisotopic (exact) mass is 304 g/mol. The molecular weight excluding hydrogens is 280 g/mol. The second kappa shape index (κ2) is 7.99. The summed E-state index contributed by atoms with van der Waals surface area (Å²) in [6, 6.07) is 3.55. The summed E-state index contributed by atoms with van der Waals surface area (Å²) >= 11 is 1.33. The molecule has 0 aliphatic carbocycles. The zero-order valence-corrected chi connectivity index (χ0v) is 13.5. The molecule has 1 unspecified atom stereocenters. The van der Waals surface area contributed by atoms with Crippen LogP contribution in [0.4, 0.5) is 0 Å². The van der Waals surface area contributed by atoms with E-state index in [1.807, 2.05) is 19.9 Å². The Morgan fingerprint density at radius 2 is 2.05 bits per heavy atom. The number of rotatable bonds is 9. The second-order valence-corrected chi connectivity index (χ2v) is 7.77. The summed E-state index contributed by atoms with van der Waals surface area (Å²) in [6.07, 6.45) is 3.00. The van der Waals surface area contributed by atoms with E-state index in [0.717, 1.165) is 37.2 Å². The number of hydrogen-bond donors (Lipinski definition) is 2. The van der Waals surface area contributed by atoms with E-state index >= 15 is 0 Å². The van der Waals surface area contributed by atoms with E-state index in [-0.39, 0.29) is 6.04 Å². The van der Waals surface area contributed by atoms with E-state index in [0.29, 0.717) is 4.21 Å². The first-order valence-electron chi connectivity index (χ1n) is 6.81. The van der Waals surface area contributed by atoms with Crippen molar-refractivity contribution in [3.8, 4) is 0 Å². The fraction of sp³-hybridized carbons (Fsp3) is 0.692. The molecule has 0 aromatic carbocycles. The summed E-state index contributed by atoms with van der Waals surface area (Å²) in [6.45, 7) is 7.66. The van der Waals surface area contributed by atoms with Crippen LogP contribution in [0.1, 0.15) is 44.9 Å². The standard InChI is InChI=1S/C13H24N2O2S2/c1-4-6-7-11(3)15-19(16,17)13-9-8-12(18-13)10-14-5-2/h8-9,11,14-15H,4-7,10H2,1-3H3. The van der Waals surface area contributed by atoms with Crippen molar-refractivity contribution in [3.63, 3.8) is 0 Å². The number of unbranched alkanes of at least 4 members (excludes halogenated alkanes) is 1. The molecule has 0 radical (unpaired) electrons. The van der Waals surface area contributed by atoms with Crippen LogP contribution in [-0.2, 0) is 16.6 Å². The number of thiophene rings is 1. The molecule has 1 atom stereocenters. The van der Waals surface area contributed by atoms with Gasteiger partial charge in [0.05, 0.1) is 0 Å². The van der Waals surface area contributed by atoms with Crippen LogP contribution in [0, 0.1) is 0 Å². The van der Waals surface area contributed by atoms with E-state index in [1.54, 1.807) is 6.07 Å². The van der Waals surface area contributed by atoms with Crippen LogP contribution in [0.25, 0.3) is 0 Å². The van der Waals surface area contributed by atoms with Crippen molar-refractivity contribution in [2.24, 2.45) is 0 Å². The van der Waals surface area contributed by atoms with Crippen LogP contribution in [0.2, 0.25) is 0 Å². The molecule has 0 fully saturated rings. The maximum Gasteiger partial charge on any atom is 0.250 e. The highest BCUT2D eigenvalue weighted by atomic mass is 32.2. The topological polar surface area (TPSA) is 58.2 Å². The van der Waals surface area contributed by atoms with Gasteiger partial charge in [-0.3, -0.25) is 0 Å². The molecule has 0 aliphatic rings. The SMILES string of the molecule is CCCCC(C)NS(=O)(=O)c1ccc(CNCC)s1. The number of hydrogen-bond acceptors (Lipinski definition) is 4. The fourth-order valence-corrected chi connectivity index (χ4v) is 4.36. The van der Waals surface area contributed by atoms with Gasteiger partial charge in [-0.2, -0.15) is 0 Å². The Kier molecular flexibility index (Phi) is 6.99. The van der Waals surface area contributed by atoms with Gasteiger partial charge in [0.15, 0.2) is 0 Å². The van der Waals surface area contributed by atoms with Gasteiger partial charge in [0.25, 0.3) is 0 Å². The van der Waals surface area contributed by atoms with Crippen LogP contribution in [-0.4, -0.2) is 21.0 Å². The lowest BCUT2D eigenvalue weighted by atomic mass is 10.2. The third kappa shape index (κ3) is 5.60. The summed E-state index contributed by atoms with van der Waals surface area (Å²) < 4.78 is 27.5. The Hall–Kier alpha value is -0.430. The van der Waals surface area contributed by atoms with E-state index in [1.165, 1.54) is 11.3 Å². The molecule has 110 valence electrons. The van der Waals surface area contributed by atoms with Gasteiger partial charge in [0.1, 0.15) is 4.21 Å². The van der Waals surface area contributed by atoms with Gasteiger partial charge in [-0.1, -0.05) is 26.7 Å². The molecule has 0 saturated carbocycles. The molecule has 19 heavy (non-hydrogen) atoms. The first-order valence-corrected chi connectivity index (χ1v) is 9.11. The first-order chi connectivity index (χ1) is 8.99. The third-order valence-corrected chi connectivity index (χ3v) is 5.96. The predicted octanol–water partition coefficient (Wildman–Crippen LogP) is 2.71. The van der Waals surface area contributed by atoms with Crippen molar-refractivity contribution >= 4 is 21.4 Å². The van der Waals surface area contributed by atoms with Gasteiger partial charge in [-0.25, -0.2) is 13.1 Å². The zero-order chi connectivity index (χ0) is 14.3. The van der Waals surface area contributed by atoms with Crippen LogP contribution in [0.15, 0.2) is 16.3 Å². The lowest BCUT2D eigenvalue weighted by molar-refractivity contribution is 0.535. The minimum Gasteiger partial charge on any atom is -0.312 e. The molecule has 0 bridgehead atoms. The molecule has 0 amide bonds. The van der Waals surface area contributed by atoms with Gasteiger partial charge in [0.2, 0.25) is 10.0 Å². The van der Waals surface area contributed by atoms with Crippen molar-refractivity contribution < 1.29 is 8.42 Å². The molecule has 6 heteroatoms. The molecule has 1 aromatic rings. The maximum absolute atomic E-state index is 12.2. The summed E-state index contributed by atoms with van der Waals surface area (Å²) in [5.41, 5.74) is 0. The van der Waals surface area contributed by atoms with Crippen molar-refractivity contribution in [3.05, 3.63) is 17.0 Å². The second-order valence-electron chi connectivity index (χ2n) is 4.67. The van der Waals surface area contributed by atoms with E-state index in [4.69, 9.17) is 0 Å². The first kappa shape index (κ1) is 16.6. The normalized spacial score (nSPS) is 13.6. The summed E-state index contributed by atoms with van der Waals surface area (Å²) in [5.74, 6) is 0. The van der Waals surface area contributed by atoms with Crippen LogP contribution in [0.5, 0.6) is 0 Å². The Bertz CT molecular complexity index is 469. The molecule has 1 heterocycles. The van der Waals surface area contributed by atoms with Crippen LogP contribution in [0.3, 0.4) is 0 Å². The highest BCUT2D eigenvalue weighted by Crippen LogP contribution is 2.22. The quantitative estimate of drug-likeness (QED) is 0.737. The summed E-state index contributed by atoms with van der Waals surface area (Å²) in [4.78, 5) is 1.04. The third-order valence-electron chi connectivity index (χ3n) is 2.80. The molecule has 0 spiro atoms. The van der Waals surface area contributed by atoms with Gasteiger partial charge in [-0.05, 0) is 32.0 Å². The minimum absolute atomic E-state index is 0.00994. The Balaban J connectivity index is 2.63. The average Bonchev–Trinajstić information content (AvgIpc) is 2.83. The zero-order valence-electron chi connectivity index (χ0n) is 11.9. The summed E-state index contributed by atoms with van der Waals surface area (Å²) in [7, 11) is -3.35. The molecular formula is C13H24N2O2S2. The molecule has 4 nitrogen and oxygen atoms in total. The van der Waals surface area contributed by atoms with Crippen molar-refractivity contribution in [1.29, 1.82) is 0 Å². The summed E-state index contributed by atoms with van der Waals surface area (Å²) in [5, 5.41) is 3.19. The highest BCUT2D eigenvalue weighted by Gasteiger charge is 2.19. The van der Waals surface area contributed by atoms with Crippen molar-refractivity contribution in [2.75, 3.05) is 6.54 Å². The Morgan fingerprint density at radius 1 is 1.32 bits per heavy atom. The molecule has 2 N–H and O–H groups in total. The lowest BCUT2D eigenvalue weighted by Crippen LogP contribution is -2.32. The smallest absolute Gasteiger partial charge is 0.250 e. The number of sulfonamides is 1. The van der Waals surface area contributed by atoms with Crippen molar-refractivity contribution in [1.82, 2.24) is 10.0 Å². The Labute approximate surface area is 120 Å². The number of nitrogens with one attached hydrogen (secondary N) is 2. The van der Waals surface area contributed by atoms with E-state index in [2.05, 4.69) is 17.0 Å². The molecule has 0 aliphatic heterocycles. The minimum atomic E-state index is -3.35. The van der Waals surface area contributed by atoms with Gasteiger partial charge >= 0.3 is 0 Å². The van der Waals surface area contributed by atoms with Crippen LogP contribution < -0.4 is 10.0 Å². The Morgan fingerprint density at radius 3 is 2.68 bits per heavy atom. The predicted molar refractivity (Wildman–Crippen MR) is 81.0 cm³/mol. The van der Waals surface area contributed by atoms with Gasteiger partial charge < -0.3 is 5.32 Å². The van der Waals surface area contributed by atoms with Crippen molar-refractivity contribution in [2.45, 2.75) is 56.8 Å². The molecule has 1 rings (SSSR count). The molecule has 1 aromatic heterocycles. The largest absolute Gasteiger partial charge is 0.312 e. The highest BCUT2D eigenvalue weighted by molar-refractivity contribution is 7.91. The maximum atomic E-state index is 12.2. The van der Waals surface area contributed by atoms with E-state index in [9.17, 15) is 8.42 Å². The average molecular weight is 304 g/mol. The molecule has 0 saturated heterocycles. The lowest BCUT2D eigenvalue weighted by Gasteiger charge is -2.12. The van der Waals surface area contributed by atoms with Gasteiger partial charge in [0, 0.05) is 17.5 Å². The van der Waals surface area contributed by atoms with E-state index < -0.39 is 10.0 Å². The van der Waals surface area contributed by atoms with Crippen LogP contribution >= 0.6 is 11.3 Å². The fourth-order valence-electron chi connectivity index (χ4n) is 1.74. The van der Waals surface area contributed by atoms with Gasteiger partial charge in [-0.15, -0.1) is 11.3 Å².